The highest BCUT2D eigenvalue weighted by molar-refractivity contribution is 7.89. The van der Waals surface area contributed by atoms with Gasteiger partial charge < -0.3 is 9.80 Å². The van der Waals surface area contributed by atoms with Gasteiger partial charge in [0, 0.05) is 19.2 Å². The van der Waals surface area contributed by atoms with Gasteiger partial charge in [0.15, 0.2) is 0 Å². The van der Waals surface area contributed by atoms with E-state index in [1.807, 2.05) is 18.7 Å². The number of benzene rings is 1. The van der Waals surface area contributed by atoms with Gasteiger partial charge in [-0.3, -0.25) is 10.1 Å². The molecule has 27 heavy (non-hydrogen) atoms. The summed E-state index contributed by atoms with van der Waals surface area (Å²) >= 11 is 0. The Bertz CT molecular complexity index is 796. The first-order chi connectivity index (χ1) is 12.7. The number of anilines is 1. The van der Waals surface area contributed by atoms with Crippen molar-refractivity contribution in [2.45, 2.75) is 25.2 Å². The summed E-state index contributed by atoms with van der Waals surface area (Å²) in [6.07, 6.45) is 0.997. The number of nitro groups is 1. The standard InChI is InChI=1S/C18H28N4O4S/c1-14-10-15(2)13-21(12-14)27(25,26)16-4-5-17(18(11-16)22(23)24)20-8-6-19(3)7-9-20/h4-5,11,14-15H,6-10,12-13H2,1-3H3/p+1/t14-,15-/m0/s1. The Morgan fingerprint density at radius 3 is 2.30 bits per heavy atom. The second-order valence-corrected chi connectivity index (χ2v) is 10.1. The van der Waals surface area contributed by atoms with Crippen molar-refractivity contribution in [3.05, 3.63) is 28.3 Å². The zero-order chi connectivity index (χ0) is 19.8. The van der Waals surface area contributed by atoms with Crippen LogP contribution in [0.3, 0.4) is 0 Å². The lowest BCUT2D eigenvalue weighted by Gasteiger charge is -2.34. The lowest BCUT2D eigenvalue weighted by Crippen LogP contribution is -3.12. The number of quaternary nitrogens is 1. The number of piperazine rings is 1. The Morgan fingerprint density at radius 2 is 1.74 bits per heavy atom. The minimum atomic E-state index is -3.73. The van der Waals surface area contributed by atoms with Gasteiger partial charge in [-0.25, -0.2) is 8.42 Å². The van der Waals surface area contributed by atoms with E-state index in [9.17, 15) is 18.5 Å². The molecule has 8 nitrogen and oxygen atoms in total. The van der Waals surface area contributed by atoms with Crippen molar-refractivity contribution in [2.75, 3.05) is 51.2 Å². The van der Waals surface area contributed by atoms with E-state index < -0.39 is 14.9 Å². The van der Waals surface area contributed by atoms with Crippen molar-refractivity contribution in [1.82, 2.24) is 4.31 Å². The van der Waals surface area contributed by atoms with Crippen LogP contribution < -0.4 is 9.80 Å². The topological polar surface area (TPSA) is 88.2 Å². The summed E-state index contributed by atoms with van der Waals surface area (Å²) < 4.78 is 27.6. The van der Waals surface area contributed by atoms with Gasteiger partial charge in [0.25, 0.3) is 5.69 Å². The number of sulfonamides is 1. The van der Waals surface area contributed by atoms with Gasteiger partial charge in [-0.2, -0.15) is 4.31 Å². The van der Waals surface area contributed by atoms with E-state index in [1.165, 1.54) is 21.3 Å². The Labute approximate surface area is 160 Å². The van der Waals surface area contributed by atoms with E-state index in [0.717, 1.165) is 32.6 Å². The molecule has 0 unspecified atom stereocenters. The predicted molar refractivity (Wildman–Crippen MR) is 104 cm³/mol. The molecule has 0 aliphatic carbocycles. The van der Waals surface area contributed by atoms with E-state index in [0.29, 0.717) is 18.8 Å². The van der Waals surface area contributed by atoms with Crippen molar-refractivity contribution in [3.63, 3.8) is 0 Å². The van der Waals surface area contributed by atoms with E-state index in [2.05, 4.69) is 7.05 Å². The first kappa shape index (κ1) is 20.0. The van der Waals surface area contributed by atoms with Gasteiger partial charge in [0.05, 0.1) is 43.0 Å². The van der Waals surface area contributed by atoms with Crippen molar-refractivity contribution >= 4 is 21.4 Å². The number of piperidine rings is 1. The fourth-order valence-electron chi connectivity index (χ4n) is 4.16. The molecular formula is C18H29N4O4S+. The van der Waals surface area contributed by atoms with Gasteiger partial charge in [-0.05, 0) is 30.4 Å². The zero-order valence-corrected chi connectivity index (χ0v) is 17.0. The lowest BCUT2D eigenvalue weighted by atomic mass is 9.94. The van der Waals surface area contributed by atoms with Crippen molar-refractivity contribution < 1.29 is 18.2 Å². The van der Waals surface area contributed by atoms with Crippen LogP contribution in [0.15, 0.2) is 23.1 Å². The molecule has 2 fully saturated rings. The Balaban J connectivity index is 1.92. The lowest BCUT2D eigenvalue weighted by molar-refractivity contribution is -0.880. The normalized spacial score (nSPS) is 25.5. The number of nitro benzene ring substituents is 1. The summed E-state index contributed by atoms with van der Waals surface area (Å²) in [6.45, 7) is 8.26. The molecule has 0 saturated carbocycles. The first-order valence-corrected chi connectivity index (χ1v) is 11.0. The number of nitrogens with one attached hydrogen (secondary N) is 1. The minimum absolute atomic E-state index is 0.0130. The third kappa shape index (κ3) is 4.25. The second-order valence-electron chi connectivity index (χ2n) is 8.12. The fraction of sp³-hybridized carbons (Fsp3) is 0.667. The molecule has 9 heteroatoms. The third-order valence-electron chi connectivity index (χ3n) is 5.57. The Kier molecular flexibility index (Phi) is 5.73. The maximum Gasteiger partial charge on any atom is 0.293 e. The molecule has 0 radical (unpaired) electrons. The minimum Gasteiger partial charge on any atom is -0.355 e. The van der Waals surface area contributed by atoms with Crippen LogP contribution in [0.25, 0.3) is 0 Å². The molecule has 2 atom stereocenters. The number of hydrogen-bond donors (Lipinski definition) is 1. The highest BCUT2D eigenvalue weighted by atomic mass is 32.2. The molecule has 0 bridgehead atoms. The molecule has 150 valence electrons. The molecule has 0 amide bonds. The molecule has 2 saturated heterocycles. The maximum absolute atomic E-state index is 13.1. The van der Waals surface area contributed by atoms with E-state index in [-0.39, 0.29) is 22.4 Å². The zero-order valence-electron chi connectivity index (χ0n) is 16.2. The third-order valence-corrected chi connectivity index (χ3v) is 7.40. The monoisotopic (exact) mass is 397 g/mol. The number of hydrogen-bond acceptors (Lipinski definition) is 5. The Morgan fingerprint density at radius 1 is 1.15 bits per heavy atom. The largest absolute Gasteiger partial charge is 0.355 e. The summed E-state index contributed by atoms with van der Waals surface area (Å²) in [7, 11) is -1.63. The van der Waals surface area contributed by atoms with E-state index in [1.54, 1.807) is 6.07 Å². The van der Waals surface area contributed by atoms with Crippen LogP contribution in [0.4, 0.5) is 11.4 Å². The average Bonchev–Trinajstić information content (AvgIpc) is 2.61. The average molecular weight is 398 g/mol. The van der Waals surface area contributed by atoms with Crippen molar-refractivity contribution in [3.8, 4) is 0 Å². The first-order valence-electron chi connectivity index (χ1n) is 9.53. The molecule has 1 aromatic rings. The van der Waals surface area contributed by atoms with Gasteiger partial charge in [-0.1, -0.05) is 13.8 Å². The van der Waals surface area contributed by atoms with Crippen molar-refractivity contribution in [1.29, 1.82) is 0 Å². The molecule has 0 spiro atoms. The number of likely N-dealkylation sites (N-methyl/N-ethyl adjacent to an activating group) is 1. The van der Waals surface area contributed by atoms with E-state index >= 15 is 0 Å². The fourth-order valence-corrected chi connectivity index (χ4v) is 5.86. The quantitative estimate of drug-likeness (QED) is 0.594. The highest BCUT2D eigenvalue weighted by Crippen LogP contribution is 2.33. The highest BCUT2D eigenvalue weighted by Gasteiger charge is 2.34. The van der Waals surface area contributed by atoms with Crippen LogP contribution >= 0.6 is 0 Å². The molecule has 0 aromatic heterocycles. The summed E-state index contributed by atoms with van der Waals surface area (Å²) in [6, 6.07) is 4.36. The van der Waals surface area contributed by atoms with Gasteiger partial charge in [-0.15, -0.1) is 0 Å². The second kappa shape index (κ2) is 7.73. The van der Waals surface area contributed by atoms with E-state index in [4.69, 9.17) is 0 Å². The van der Waals surface area contributed by atoms with Crippen LogP contribution in [0, 0.1) is 22.0 Å². The summed E-state index contributed by atoms with van der Waals surface area (Å²) in [5.74, 6) is 0.566. The molecule has 2 aliphatic rings. The van der Waals surface area contributed by atoms with Gasteiger partial charge >= 0.3 is 0 Å². The van der Waals surface area contributed by atoms with Gasteiger partial charge in [0.1, 0.15) is 5.69 Å². The molecule has 2 heterocycles. The molecule has 3 rings (SSSR count). The maximum atomic E-state index is 13.1. The smallest absolute Gasteiger partial charge is 0.293 e. The van der Waals surface area contributed by atoms with Crippen molar-refractivity contribution in [2.24, 2.45) is 11.8 Å². The van der Waals surface area contributed by atoms with Crippen LogP contribution in [0.2, 0.25) is 0 Å². The summed E-state index contributed by atoms with van der Waals surface area (Å²) in [5, 5.41) is 11.7. The van der Waals surface area contributed by atoms with Crippen LogP contribution in [0.5, 0.6) is 0 Å². The SMILES string of the molecule is C[C@H]1C[C@H](C)CN(S(=O)(=O)c2ccc(N3CC[NH+](C)CC3)c([N+](=O)[O-])c2)C1. The molecule has 1 aromatic carbocycles. The van der Waals surface area contributed by atoms with Crippen LogP contribution in [-0.2, 0) is 10.0 Å². The molecule has 1 N–H and O–H groups in total. The number of rotatable bonds is 4. The summed E-state index contributed by atoms with van der Waals surface area (Å²) in [4.78, 5) is 14.6. The van der Waals surface area contributed by atoms with Crippen LogP contribution in [-0.4, -0.2) is 64.0 Å². The summed E-state index contributed by atoms with van der Waals surface area (Å²) in [5.41, 5.74) is 0.376. The predicted octanol–water partition coefficient (Wildman–Crippen LogP) is 0.596. The van der Waals surface area contributed by atoms with Crippen LogP contribution in [0.1, 0.15) is 20.3 Å². The number of nitrogens with zero attached hydrogens (tertiary/aromatic N) is 3. The Hall–Kier alpha value is -1.71. The molecular weight excluding hydrogens is 368 g/mol. The van der Waals surface area contributed by atoms with Gasteiger partial charge in [0.2, 0.25) is 10.0 Å². The molecule has 2 aliphatic heterocycles.